The average Bonchev–Trinajstić information content (AvgIpc) is 2.28. The average molecular weight is 253 g/mol. The first-order chi connectivity index (χ1) is 7.95. The smallest absolute Gasteiger partial charge is 0.403 e. The van der Waals surface area contributed by atoms with Crippen LogP contribution < -0.4 is 0 Å². The Labute approximate surface area is 97.6 Å². The van der Waals surface area contributed by atoms with Crippen molar-refractivity contribution in [2.24, 2.45) is 0 Å². The monoisotopic (exact) mass is 253 g/mol. The minimum absolute atomic E-state index is 0.102. The second-order valence-corrected chi connectivity index (χ2v) is 5.04. The Kier molecular flexibility index (Phi) is 2.61. The number of rotatable bonds is 1. The van der Waals surface area contributed by atoms with Crippen LogP contribution in [0, 0.1) is 5.39 Å². The lowest BCUT2D eigenvalue weighted by molar-refractivity contribution is 0.480. The Hall–Kier alpha value is -1.91. The molecule has 6 nitrogen and oxygen atoms in total. The number of aliphatic hydroxyl groups is 1. The lowest BCUT2D eigenvalue weighted by Crippen LogP contribution is -2.10. The third-order valence-electron chi connectivity index (χ3n) is 2.67. The molecule has 0 saturated carbocycles. The van der Waals surface area contributed by atoms with Crippen molar-refractivity contribution in [3.8, 4) is 0 Å². The predicted octanol–water partition coefficient (Wildman–Crippen LogP) is 1.96. The second-order valence-electron chi connectivity index (χ2n) is 3.65. The molecule has 0 unspecified atom stereocenters. The maximum absolute atomic E-state index is 11.1. The van der Waals surface area contributed by atoms with Gasteiger partial charge in [0, 0.05) is 5.56 Å². The van der Waals surface area contributed by atoms with Crippen LogP contribution >= 0.6 is 0 Å². The molecule has 0 fully saturated rings. The number of nitrogens with zero attached hydrogens (tertiary/aromatic N) is 2. The van der Waals surface area contributed by atoms with Crippen LogP contribution in [0.25, 0.3) is 10.7 Å². The molecule has 0 saturated heterocycles. The lowest BCUT2D eigenvalue weighted by Gasteiger charge is -2.14. The van der Waals surface area contributed by atoms with Gasteiger partial charge >= 0.3 is 5.70 Å². The van der Waals surface area contributed by atoms with Crippen molar-refractivity contribution in [1.29, 1.82) is 5.39 Å². The predicted molar refractivity (Wildman–Crippen MR) is 59.2 cm³/mol. The standard InChI is InChI=1S/C10H8N2O4S/c11-12-8-5-4-6-7(10(8)13)2-1-3-9(6)17(14,15)16/h1-3H,4-5H2,(H-,13,14,15,16)/p+1. The molecule has 1 aromatic rings. The molecule has 0 bridgehead atoms. The maximum atomic E-state index is 11.1. The third kappa shape index (κ3) is 1.88. The Morgan fingerprint density at radius 3 is 2.59 bits per heavy atom. The number of aliphatic hydroxyl groups excluding tert-OH is 1. The van der Waals surface area contributed by atoms with Crippen LogP contribution in [0.3, 0.4) is 0 Å². The normalized spacial score (nSPS) is 15.3. The summed E-state index contributed by atoms with van der Waals surface area (Å²) in [6, 6.07) is 4.17. The number of fused-ring (bicyclic) bond motifs is 1. The Balaban J connectivity index is 2.74. The quantitative estimate of drug-likeness (QED) is 0.588. The summed E-state index contributed by atoms with van der Waals surface area (Å²) in [6.07, 6.45) is 0.483. The van der Waals surface area contributed by atoms with E-state index >= 15 is 0 Å². The van der Waals surface area contributed by atoms with E-state index in [0.717, 1.165) is 0 Å². The number of benzene rings is 1. The van der Waals surface area contributed by atoms with Gasteiger partial charge < -0.3 is 5.11 Å². The molecule has 1 aliphatic carbocycles. The number of diazo groups is 1. The minimum atomic E-state index is -4.32. The molecule has 88 valence electrons. The summed E-state index contributed by atoms with van der Waals surface area (Å²) in [5.74, 6) is -0.265. The highest BCUT2D eigenvalue weighted by molar-refractivity contribution is 7.85. The lowest BCUT2D eigenvalue weighted by atomic mass is 9.94. The van der Waals surface area contributed by atoms with E-state index in [1.165, 1.54) is 18.2 Å². The molecule has 1 aliphatic rings. The van der Waals surface area contributed by atoms with Gasteiger partial charge in [-0.05, 0) is 18.1 Å². The van der Waals surface area contributed by atoms with Crippen molar-refractivity contribution >= 4 is 15.9 Å². The third-order valence-corrected chi connectivity index (χ3v) is 3.61. The van der Waals surface area contributed by atoms with E-state index < -0.39 is 10.1 Å². The highest BCUT2D eigenvalue weighted by atomic mass is 32.2. The van der Waals surface area contributed by atoms with E-state index in [2.05, 4.69) is 4.98 Å². The topological polar surface area (TPSA) is 103 Å². The first kappa shape index (κ1) is 11.6. The zero-order valence-corrected chi connectivity index (χ0v) is 9.48. The first-order valence-electron chi connectivity index (χ1n) is 4.82. The zero-order valence-electron chi connectivity index (χ0n) is 8.66. The van der Waals surface area contributed by atoms with Crippen molar-refractivity contribution in [1.82, 2.24) is 0 Å². The van der Waals surface area contributed by atoms with E-state index in [1.54, 1.807) is 0 Å². The van der Waals surface area contributed by atoms with Crippen LogP contribution in [-0.2, 0) is 16.5 Å². The van der Waals surface area contributed by atoms with Gasteiger partial charge in [0.1, 0.15) is 0 Å². The van der Waals surface area contributed by atoms with E-state index in [-0.39, 0.29) is 34.8 Å². The summed E-state index contributed by atoms with van der Waals surface area (Å²) in [5, 5.41) is 18.4. The van der Waals surface area contributed by atoms with E-state index in [1.807, 2.05) is 0 Å². The molecule has 0 amide bonds. The molecular weight excluding hydrogens is 244 g/mol. The molecular formula is C10H9N2O4S+. The summed E-state index contributed by atoms with van der Waals surface area (Å²) in [4.78, 5) is 2.71. The fourth-order valence-corrected chi connectivity index (χ4v) is 2.68. The zero-order chi connectivity index (χ0) is 12.6. The van der Waals surface area contributed by atoms with Crippen molar-refractivity contribution < 1.29 is 18.1 Å². The van der Waals surface area contributed by atoms with Crippen LogP contribution in [0.15, 0.2) is 28.8 Å². The number of hydrogen-bond donors (Lipinski definition) is 2. The largest absolute Gasteiger partial charge is 0.501 e. The molecule has 2 N–H and O–H groups in total. The van der Waals surface area contributed by atoms with Gasteiger partial charge in [0.2, 0.25) is 11.2 Å². The van der Waals surface area contributed by atoms with Crippen LogP contribution in [0.2, 0.25) is 0 Å². The summed E-state index contributed by atoms with van der Waals surface area (Å²) in [5.41, 5.74) is 0.698. The Morgan fingerprint density at radius 1 is 1.29 bits per heavy atom. The van der Waals surface area contributed by atoms with Gasteiger partial charge in [-0.1, -0.05) is 12.1 Å². The van der Waals surface area contributed by atoms with Gasteiger partial charge in [0.25, 0.3) is 10.1 Å². The van der Waals surface area contributed by atoms with Gasteiger partial charge in [-0.3, -0.25) is 4.55 Å². The molecule has 0 aromatic heterocycles. The SMILES string of the molecule is N#[N+]C1=C(O)c2cccc(S(=O)(=O)O)c2CC1. The second kappa shape index (κ2) is 3.84. The van der Waals surface area contributed by atoms with Gasteiger partial charge in [0.05, 0.1) is 11.3 Å². The van der Waals surface area contributed by atoms with E-state index in [0.29, 0.717) is 5.56 Å². The molecule has 2 rings (SSSR count). The Morgan fingerprint density at radius 2 is 2.00 bits per heavy atom. The van der Waals surface area contributed by atoms with Gasteiger partial charge in [-0.25, -0.2) is 0 Å². The highest BCUT2D eigenvalue weighted by Crippen LogP contribution is 2.33. The molecule has 1 aromatic carbocycles. The van der Waals surface area contributed by atoms with Crippen LogP contribution in [-0.4, -0.2) is 18.1 Å². The van der Waals surface area contributed by atoms with Gasteiger partial charge in [-0.2, -0.15) is 8.42 Å². The molecule has 0 heterocycles. The summed E-state index contributed by atoms with van der Waals surface area (Å²) in [6.45, 7) is 0. The number of allylic oxidation sites excluding steroid dienone is 1. The molecule has 0 atom stereocenters. The molecule has 0 spiro atoms. The van der Waals surface area contributed by atoms with E-state index in [4.69, 9.17) is 9.95 Å². The molecule has 0 radical (unpaired) electrons. The van der Waals surface area contributed by atoms with Crippen molar-refractivity contribution in [2.45, 2.75) is 17.7 Å². The summed E-state index contributed by atoms with van der Waals surface area (Å²) >= 11 is 0. The fourth-order valence-electron chi connectivity index (χ4n) is 1.90. The summed E-state index contributed by atoms with van der Waals surface area (Å²) in [7, 11) is -4.32. The Bertz CT molecular complexity index is 655. The highest BCUT2D eigenvalue weighted by Gasteiger charge is 2.31. The van der Waals surface area contributed by atoms with Gasteiger partial charge in [0.15, 0.2) is 4.98 Å². The van der Waals surface area contributed by atoms with Crippen molar-refractivity contribution in [3.05, 3.63) is 40.0 Å². The maximum Gasteiger partial charge on any atom is 0.403 e. The van der Waals surface area contributed by atoms with Crippen LogP contribution in [0.4, 0.5) is 0 Å². The number of hydrogen-bond acceptors (Lipinski definition) is 4. The minimum Gasteiger partial charge on any atom is -0.501 e. The molecule has 17 heavy (non-hydrogen) atoms. The fraction of sp³-hybridized carbons (Fsp3) is 0.200. The van der Waals surface area contributed by atoms with Crippen LogP contribution in [0.5, 0.6) is 0 Å². The van der Waals surface area contributed by atoms with E-state index in [9.17, 15) is 13.5 Å². The first-order valence-corrected chi connectivity index (χ1v) is 6.26. The van der Waals surface area contributed by atoms with Crippen molar-refractivity contribution in [2.75, 3.05) is 0 Å². The molecule has 0 aliphatic heterocycles. The summed E-state index contributed by atoms with van der Waals surface area (Å²) < 4.78 is 31.4. The van der Waals surface area contributed by atoms with Crippen LogP contribution in [0.1, 0.15) is 17.5 Å². The van der Waals surface area contributed by atoms with Crippen molar-refractivity contribution in [3.63, 3.8) is 0 Å². The molecule has 7 heteroatoms. The van der Waals surface area contributed by atoms with Gasteiger partial charge in [-0.15, -0.1) is 0 Å².